The van der Waals surface area contributed by atoms with Gasteiger partial charge in [-0.3, -0.25) is 5.41 Å². The highest BCUT2D eigenvalue weighted by atomic mass is 35.6. The molecular formula is C15H16Cl3NO6. The Morgan fingerprint density at radius 3 is 2.32 bits per heavy atom. The van der Waals surface area contributed by atoms with Crippen molar-refractivity contribution in [2.24, 2.45) is 0 Å². The van der Waals surface area contributed by atoms with E-state index in [9.17, 15) is 15.0 Å². The van der Waals surface area contributed by atoms with Crippen LogP contribution in [0.3, 0.4) is 0 Å². The lowest BCUT2D eigenvalue weighted by Crippen LogP contribution is -2.59. The topological polar surface area (TPSA) is 109 Å². The number of hydrogen-bond donors (Lipinski definition) is 3. The normalized spacial score (nSPS) is 29.8. The molecule has 1 saturated heterocycles. The molecule has 10 heteroatoms. The molecule has 0 aromatic heterocycles. The molecule has 0 unspecified atom stereocenters. The van der Waals surface area contributed by atoms with Gasteiger partial charge < -0.3 is 24.4 Å². The summed E-state index contributed by atoms with van der Waals surface area (Å²) >= 11 is 16.7. The Bertz CT molecular complexity index is 623. The second kappa shape index (κ2) is 8.07. The molecule has 0 radical (unpaired) electrons. The average molecular weight is 413 g/mol. The Labute approximate surface area is 158 Å². The number of rotatable bonds is 3. The Kier molecular flexibility index (Phi) is 6.53. The quantitative estimate of drug-likeness (QED) is 0.303. The number of carbonyl (C=O) groups is 1. The first-order valence-electron chi connectivity index (χ1n) is 7.21. The maximum Gasteiger partial charge on any atom is 0.338 e. The van der Waals surface area contributed by atoms with Crippen molar-refractivity contribution < 1.29 is 29.2 Å². The third-order valence-corrected chi connectivity index (χ3v) is 4.04. The van der Waals surface area contributed by atoms with Gasteiger partial charge in [-0.05, 0) is 19.1 Å². The van der Waals surface area contributed by atoms with Crippen LogP contribution < -0.4 is 0 Å². The molecule has 1 aromatic rings. The lowest BCUT2D eigenvalue weighted by molar-refractivity contribution is -0.271. The van der Waals surface area contributed by atoms with E-state index in [0.717, 1.165) is 0 Å². The van der Waals surface area contributed by atoms with Gasteiger partial charge in [0.05, 0.1) is 11.7 Å². The van der Waals surface area contributed by atoms with Crippen LogP contribution in [0, 0.1) is 5.41 Å². The van der Waals surface area contributed by atoms with E-state index in [-0.39, 0.29) is 5.56 Å². The van der Waals surface area contributed by atoms with Gasteiger partial charge in [-0.15, -0.1) is 0 Å². The van der Waals surface area contributed by atoms with Crippen LogP contribution in [0.1, 0.15) is 17.3 Å². The summed E-state index contributed by atoms with van der Waals surface area (Å²) in [7, 11) is 0. The first-order chi connectivity index (χ1) is 11.6. The molecule has 5 atom stereocenters. The SMILES string of the molecule is C[C@@H]1O[C@@H](OC(=N)C(Cl)(Cl)Cl)[C@H](OC(=O)c2ccccc2)[C@H](O)[C@H]1O. The van der Waals surface area contributed by atoms with Gasteiger partial charge in [0, 0.05) is 0 Å². The lowest BCUT2D eigenvalue weighted by Gasteiger charge is -2.40. The van der Waals surface area contributed by atoms with E-state index in [2.05, 4.69) is 0 Å². The van der Waals surface area contributed by atoms with Crippen molar-refractivity contribution in [2.45, 2.75) is 41.4 Å². The first-order valence-corrected chi connectivity index (χ1v) is 8.34. The Morgan fingerprint density at radius 2 is 1.76 bits per heavy atom. The minimum absolute atomic E-state index is 0.220. The van der Waals surface area contributed by atoms with Crippen molar-refractivity contribution in [1.29, 1.82) is 5.41 Å². The zero-order valence-electron chi connectivity index (χ0n) is 12.9. The highest BCUT2D eigenvalue weighted by Crippen LogP contribution is 2.31. The van der Waals surface area contributed by atoms with Crippen LogP contribution in [-0.2, 0) is 14.2 Å². The Balaban J connectivity index is 2.19. The lowest BCUT2D eigenvalue weighted by atomic mass is 9.99. The Hall–Kier alpha value is -1.09. The molecule has 0 spiro atoms. The summed E-state index contributed by atoms with van der Waals surface area (Å²) in [5.41, 5.74) is 0.220. The molecular weight excluding hydrogens is 397 g/mol. The summed E-state index contributed by atoms with van der Waals surface area (Å²) in [6.07, 6.45) is -6.61. The number of nitrogens with one attached hydrogen (secondary N) is 1. The number of esters is 1. The number of halogens is 3. The van der Waals surface area contributed by atoms with Crippen molar-refractivity contribution in [3.05, 3.63) is 35.9 Å². The van der Waals surface area contributed by atoms with E-state index in [1.54, 1.807) is 18.2 Å². The molecule has 1 aliphatic rings. The van der Waals surface area contributed by atoms with Gasteiger partial charge in [-0.25, -0.2) is 4.79 Å². The van der Waals surface area contributed by atoms with E-state index in [0.29, 0.717) is 0 Å². The summed E-state index contributed by atoms with van der Waals surface area (Å²) < 4.78 is 13.5. The van der Waals surface area contributed by atoms with Crippen LogP contribution in [0.2, 0.25) is 0 Å². The smallest absolute Gasteiger partial charge is 0.338 e. The summed E-state index contributed by atoms with van der Waals surface area (Å²) in [6.45, 7) is 1.47. The third-order valence-electron chi connectivity index (χ3n) is 3.53. The van der Waals surface area contributed by atoms with E-state index >= 15 is 0 Å². The molecule has 1 aromatic carbocycles. The molecule has 0 bridgehead atoms. The van der Waals surface area contributed by atoms with E-state index < -0.39 is 46.4 Å². The van der Waals surface area contributed by atoms with Gasteiger partial charge in [-0.2, -0.15) is 0 Å². The van der Waals surface area contributed by atoms with Crippen molar-refractivity contribution >= 4 is 46.7 Å². The van der Waals surface area contributed by atoms with Gasteiger partial charge in [-0.1, -0.05) is 53.0 Å². The fourth-order valence-electron chi connectivity index (χ4n) is 2.17. The van der Waals surface area contributed by atoms with E-state index in [1.807, 2.05) is 0 Å². The van der Waals surface area contributed by atoms with Gasteiger partial charge in [0.1, 0.15) is 12.2 Å². The van der Waals surface area contributed by atoms with Gasteiger partial charge >= 0.3 is 5.97 Å². The third kappa shape index (κ3) is 4.97. The van der Waals surface area contributed by atoms with E-state index in [4.69, 9.17) is 54.4 Å². The predicted octanol–water partition coefficient (Wildman–Crippen LogP) is 2.04. The van der Waals surface area contributed by atoms with Crippen LogP contribution in [0.15, 0.2) is 30.3 Å². The van der Waals surface area contributed by atoms with Crippen LogP contribution in [-0.4, -0.2) is 56.6 Å². The van der Waals surface area contributed by atoms with Gasteiger partial charge in [0.2, 0.25) is 12.2 Å². The van der Waals surface area contributed by atoms with Crippen molar-refractivity contribution in [3.8, 4) is 0 Å². The number of carbonyl (C=O) groups excluding carboxylic acids is 1. The molecule has 2 rings (SSSR count). The number of alkyl halides is 3. The molecule has 7 nitrogen and oxygen atoms in total. The standard InChI is InChI=1S/C15H16Cl3NO6/c1-7-9(20)10(21)11(13(23-7)25-14(19)15(16,17)18)24-12(22)8-5-3-2-4-6-8/h2-7,9-11,13,19-21H,1H3/t7-,9-,10+,11+,13-/m0/s1. The number of aliphatic hydroxyl groups excluding tert-OH is 2. The second-order valence-corrected chi connectivity index (χ2v) is 7.65. The van der Waals surface area contributed by atoms with Crippen LogP contribution >= 0.6 is 34.8 Å². The summed E-state index contributed by atoms with van der Waals surface area (Å²) in [4.78, 5) is 12.2. The largest absolute Gasteiger partial charge is 0.449 e. The minimum atomic E-state index is -2.17. The molecule has 25 heavy (non-hydrogen) atoms. The van der Waals surface area contributed by atoms with Crippen LogP contribution in [0.25, 0.3) is 0 Å². The molecule has 0 aliphatic carbocycles. The maximum atomic E-state index is 12.2. The number of benzene rings is 1. The minimum Gasteiger partial charge on any atom is -0.449 e. The zero-order valence-corrected chi connectivity index (χ0v) is 15.2. The van der Waals surface area contributed by atoms with Gasteiger partial charge in [0.25, 0.3) is 3.79 Å². The fraction of sp³-hybridized carbons (Fsp3) is 0.467. The van der Waals surface area contributed by atoms with Crippen LogP contribution in [0.5, 0.6) is 0 Å². The first kappa shape index (κ1) is 20.2. The molecule has 1 fully saturated rings. The Morgan fingerprint density at radius 1 is 1.16 bits per heavy atom. The van der Waals surface area contributed by atoms with E-state index in [1.165, 1.54) is 19.1 Å². The highest BCUT2D eigenvalue weighted by molar-refractivity contribution is 6.76. The summed E-state index contributed by atoms with van der Waals surface area (Å²) in [6, 6.07) is 8.00. The summed E-state index contributed by atoms with van der Waals surface area (Å²) in [5.74, 6) is -1.55. The molecule has 138 valence electrons. The maximum absolute atomic E-state index is 12.2. The number of aliphatic hydroxyl groups is 2. The molecule has 1 heterocycles. The average Bonchev–Trinajstić information content (AvgIpc) is 2.56. The van der Waals surface area contributed by atoms with Crippen molar-refractivity contribution in [1.82, 2.24) is 0 Å². The van der Waals surface area contributed by atoms with Crippen LogP contribution in [0.4, 0.5) is 0 Å². The fourth-order valence-corrected chi connectivity index (χ4v) is 2.31. The summed E-state index contributed by atoms with van der Waals surface area (Å²) in [5, 5.41) is 27.8. The highest BCUT2D eigenvalue weighted by Gasteiger charge is 2.48. The predicted molar refractivity (Wildman–Crippen MR) is 91.1 cm³/mol. The van der Waals surface area contributed by atoms with Gasteiger partial charge in [0.15, 0.2) is 6.10 Å². The van der Waals surface area contributed by atoms with Crippen molar-refractivity contribution in [2.75, 3.05) is 0 Å². The van der Waals surface area contributed by atoms with Crippen molar-refractivity contribution in [3.63, 3.8) is 0 Å². The zero-order chi connectivity index (χ0) is 18.8. The molecule has 3 N–H and O–H groups in total. The molecule has 1 aliphatic heterocycles. The number of hydrogen-bond acceptors (Lipinski definition) is 7. The second-order valence-electron chi connectivity index (χ2n) is 5.37. The molecule has 0 amide bonds. The number of ether oxygens (including phenoxy) is 3. The molecule has 0 saturated carbocycles. The monoisotopic (exact) mass is 411 g/mol.